The molecule has 1 fully saturated rings. The van der Waals surface area contributed by atoms with Crippen molar-refractivity contribution in [2.75, 3.05) is 25.1 Å². The number of sulfone groups is 1. The van der Waals surface area contributed by atoms with Crippen LogP contribution in [0.1, 0.15) is 24.5 Å². The topological polar surface area (TPSA) is 57.6 Å². The van der Waals surface area contributed by atoms with Gasteiger partial charge in [-0.3, -0.25) is 0 Å². The summed E-state index contributed by atoms with van der Waals surface area (Å²) in [6.07, 6.45) is 0.427. The fourth-order valence-electron chi connectivity index (χ4n) is 2.56. The molecule has 7 heteroatoms. The van der Waals surface area contributed by atoms with Gasteiger partial charge in [-0.15, -0.1) is 0 Å². The minimum atomic E-state index is -2.89. The molecule has 21 heavy (non-hydrogen) atoms. The van der Waals surface area contributed by atoms with E-state index >= 15 is 0 Å². The Hall–Kier alpha value is -0.330. The van der Waals surface area contributed by atoms with Gasteiger partial charge in [0.25, 0.3) is 0 Å². The Bertz CT molecular complexity index is 606. The van der Waals surface area contributed by atoms with Crippen molar-refractivity contribution in [2.24, 2.45) is 0 Å². The van der Waals surface area contributed by atoms with Gasteiger partial charge in [0.05, 0.1) is 27.7 Å². The lowest BCUT2D eigenvalue weighted by atomic mass is 10.1. The van der Waals surface area contributed by atoms with Crippen molar-refractivity contribution in [3.8, 4) is 0 Å². The molecule has 2 rings (SSSR count). The minimum Gasteiger partial charge on any atom is -0.388 e. The third-order valence-electron chi connectivity index (χ3n) is 3.93. The summed E-state index contributed by atoms with van der Waals surface area (Å²) in [4.78, 5) is 1.99. The summed E-state index contributed by atoms with van der Waals surface area (Å²) in [6.45, 7) is 0.601. The van der Waals surface area contributed by atoms with Gasteiger partial charge in [-0.05, 0) is 26.0 Å². The lowest BCUT2D eigenvalue weighted by Gasteiger charge is -2.24. The van der Waals surface area contributed by atoms with E-state index in [1.165, 1.54) is 0 Å². The first kappa shape index (κ1) is 17.0. The van der Waals surface area contributed by atoms with Gasteiger partial charge in [-0.25, -0.2) is 8.42 Å². The molecular weight excluding hydrogens is 333 g/mol. The Morgan fingerprint density at radius 2 is 2.14 bits per heavy atom. The summed E-state index contributed by atoms with van der Waals surface area (Å²) in [5.74, 6) is 0.461. The Morgan fingerprint density at radius 3 is 2.76 bits per heavy atom. The SMILES string of the molecule is CN(CCC(O)c1cccc(Cl)c1Cl)C1CCS(=O)(=O)C1. The quantitative estimate of drug-likeness (QED) is 0.885. The molecule has 0 aromatic heterocycles. The number of hydrogen-bond acceptors (Lipinski definition) is 4. The second kappa shape index (κ2) is 6.84. The zero-order valence-electron chi connectivity index (χ0n) is 11.8. The van der Waals surface area contributed by atoms with Crippen LogP contribution in [-0.4, -0.2) is 49.6 Å². The van der Waals surface area contributed by atoms with Crippen molar-refractivity contribution in [2.45, 2.75) is 25.0 Å². The number of benzene rings is 1. The molecule has 2 unspecified atom stereocenters. The van der Waals surface area contributed by atoms with E-state index in [9.17, 15) is 13.5 Å². The summed E-state index contributed by atoms with van der Waals surface area (Å²) < 4.78 is 23.0. The van der Waals surface area contributed by atoms with E-state index in [-0.39, 0.29) is 17.5 Å². The predicted octanol–water partition coefficient (Wildman–Crippen LogP) is 2.54. The summed E-state index contributed by atoms with van der Waals surface area (Å²) in [5.41, 5.74) is 0.608. The zero-order valence-corrected chi connectivity index (χ0v) is 14.1. The summed E-state index contributed by atoms with van der Waals surface area (Å²) >= 11 is 12.0. The maximum atomic E-state index is 11.5. The lowest BCUT2D eigenvalue weighted by molar-refractivity contribution is 0.140. The molecule has 1 aliphatic rings. The third kappa shape index (κ3) is 4.33. The maximum absolute atomic E-state index is 11.5. The average Bonchev–Trinajstić information content (AvgIpc) is 2.79. The van der Waals surface area contributed by atoms with E-state index in [1.807, 2.05) is 11.9 Å². The van der Waals surface area contributed by atoms with Gasteiger partial charge in [0.2, 0.25) is 0 Å². The number of aliphatic hydroxyl groups is 1. The molecule has 0 spiro atoms. The molecule has 1 aliphatic heterocycles. The Morgan fingerprint density at radius 1 is 1.43 bits per heavy atom. The predicted molar refractivity (Wildman–Crippen MR) is 85.7 cm³/mol. The van der Waals surface area contributed by atoms with Gasteiger partial charge in [0.15, 0.2) is 9.84 Å². The average molecular weight is 352 g/mol. The van der Waals surface area contributed by atoms with Crippen LogP contribution in [0.5, 0.6) is 0 Å². The zero-order chi connectivity index (χ0) is 15.6. The number of hydrogen-bond donors (Lipinski definition) is 1. The fourth-order valence-corrected chi connectivity index (χ4v) is 4.80. The van der Waals surface area contributed by atoms with Crippen molar-refractivity contribution < 1.29 is 13.5 Å². The number of halogens is 2. The molecule has 0 radical (unpaired) electrons. The van der Waals surface area contributed by atoms with Gasteiger partial charge in [-0.1, -0.05) is 35.3 Å². The van der Waals surface area contributed by atoms with Crippen LogP contribution >= 0.6 is 23.2 Å². The molecule has 2 atom stereocenters. The first-order chi connectivity index (χ1) is 9.80. The third-order valence-corrected chi connectivity index (χ3v) is 6.51. The molecule has 118 valence electrons. The molecule has 4 nitrogen and oxygen atoms in total. The van der Waals surface area contributed by atoms with Crippen molar-refractivity contribution in [1.82, 2.24) is 4.90 Å². The minimum absolute atomic E-state index is 0.0389. The molecule has 1 saturated heterocycles. The molecule has 0 aliphatic carbocycles. The van der Waals surface area contributed by atoms with Gasteiger partial charge in [0.1, 0.15) is 0 Å². The van der Waals surface area contributed by atoms with E-state index in [0.29, 0.717) is 35.0 Å². The number of nitrogens with zero attached hydrogens (tertiary/aromatic N) is 1. The van der Waals surface area contributed by atoms with Crippen LogP contribution in [0.15, 0.2) is 18.2 Å². The molecule has 0 saturated carbocycles. The van der Waals surface area contributed by atoms with Gasteiger partial charge < -0.3 is 10.0 Å². The van der Waals surface area contributed by atoms with E-state index in [0.717, 1.165) is 0 Å². The van der Waals surface area contributed by atoms with Crippen molar-refractivity contribution in [3.05, 3.63) is 33.8 Å². The largest absolute Gasteiger partial charge is 0.388 e. The van der Waals surface area contributed by atoms with E-state index < -0.39 is 15.9 Å². The number of rotatable bonds is 5. The highest BCUT2D eigenvalue weighted by molar-refractivity contribution is 7.91. The van der Waals surface area contributed by atoms with Crippen molar-refractivity contribution in [1.29, 1.82) is 0 Å². The van der Waals surface area contributed by atoms with Crippen LogP contribution in [0.2, 0.25) is 10.0 Å². The molecular formula is C14H19Cl2NO3S. The Balaban J connectivity index is 1.92. The summed E-state index contributed by atoms with van der Waals surface area (Å²) in [7, 11) is -1.000. The molecule has 1 aromatic carbocycles. The summed E-state index contributed by atoms with van der Waals surface area (Å²) in [6, 6.07) is 5.21. The molecule has 1 aromatic rings. The first-order valence-electron chi connectivity index (χ1n) is 6.83. The van der Waals surface area contributed by atoms with Gasteiger partial charge >= 0.3 is 0 Å². The maximum Gasteiger partial charge on any atom is 0.151 e. The Kier molecular flexibility index (Phi) is 5.54. The highest BCUT2D eigenvalue weighted by Gasteiger charge is 2.30. The lowest BCUT2D eigenvalue weighted by Crippen LogP contribution is -2.34. The second-order valence-electron chi connectivity index (χ2n) is 5.48. The second-order valence-corrected chi connectivity index (χ2v) is 8.50. The normalized spacial score (nSPS) is 22.6. The van der Waals surface area contributed by atoms with E-state index in [1.54, 1.807) is 18.2 Å². The molecule has 1 heterocycles. The van der Waals surface area contributed by atoms with Crippen molar-refractivity contribution >= 4 is 33.0 Å². The van der Waals surface area contributed by atoms with E-state index in [2.05, 4.69) is 0 Å². The molecule has 0 amide bonds. The number of aliphatic hydroxyl groups excluding tert-OH is 1. The summed E-state index contributed by atoms with van der Waals surface area (Å²) in [5, 5.41) is 11.0. The standard InChI is InChI=1S/C14H19Cl2NO3S/c1-17(10-6-8-21(19,20)9-10)7-5-13(18)11-3-2-4-12(15)14(11)16/h2-4,10,13,18H,5-9H2,1H3. The van der Waals surface area contributed by atoms with Crippen molar-refractivity contribution in [3.63, 3.8) is 0 Å². The highest BCUT2D eigenvalue weighted by Crippen LogP contribution is 2.31. The van der Waals surface area contributed by atoms with Crippen LogP contribution in [0, 0.1) is 0 Å². The van der Waals surface area contributed by atoms with E-state index in [4.69, 9.17) is 23.2 Å². The van der Waals surface area contributed by atoms with Crippen LogP contribution in [0.25, 0.3) is 0 Å². The van der Waals surface area contributed by atoms with Gasteiger partial charge in [-0.2, -0.15) is 0 Å². The van der Waals surface area contributed by atoms with Crippen LogP contribution in [0.4, 0.5) is 0 Å². The Labute approximate surface area is 135 Å². The first-order valence-corrected chi connectivity index (χ1v) is 9.40. The van der Waals surface area contributed by atoms with Crippen LogP contribution < -0.4 is 0 Å². The van der Waals surface area contributed by atoms with Crippen LogP contribution in [0.3, 0.4) is 0 Å². The molecule has 0 bridgehead atoms. The van der Waals surface area contributed by atoms with Crippen LogP contribution in [-0.2, 0) is 9.84 Å². The smallest absolute Gasteiger partial charge is 0.151 e. The molecule has 1 N–H and O–H groups in total. The fraction of sp³-hybridized carbons (Fsp3) is 0.571. The van der Waals surface area contributed by atoms with Gasteiger partial charge in [0, 0.05) is 18.2 Å². The monoisotopic (exact) mass is 351 g/mol. The highest BCUT2D eigenvalue weighted by atomic mass is 35.5.